The summed E-state index contributed by atoms with van der Waals surface area (Å²) in [4.78, 5) is 23.1. The Bertz CT molecular complexity index is 650. The van der Waals surface area contributed by atoms with Gasteiger partial charge in [0.25, 0.3) is 5.91 Å². The first-order chi connectivity index (χ1) is 9.50. The normalized spacial score (nSPS) is 12.3. The Morgan fingerprint density at radius 2 is 2.05 bits per heavy atom. The number of aryl methyl sites for hydroxylation is 1. The number of hydrogen-bond donors (Lipinski definition) is 3. The molecule has 0 aliphatic rings. The number of carboxylic acids is 1. The molecular formula is C14H15NO4S. The van der Waals surface area contributed by atoms with E-state index in [9.17, 15) is 9.59 Å². The van der Waals surface area contributed by atoms with Crippen molar-refractivity contribution >= 4 is 33.3 Å². The first-order valence-corrected chi connectivity index (χ1v) is 6.99. The standard InChI is InChI=1S/C14H15NO4S/c1-8-9-4-2-3-5-11(9)20-12(8)13(17)15-7-6-10(16)14(18)19/h2-5,10,16H,6-7H2,1H3,(H,15,17)(H,18,19). The second kappa shape index (κ2) is 6.02. The largest absolute Gasteiger partial charge is 0.479 e. The van der Waals surface area contributed by atoms with Crippen LogP contribution in [0.4, 0.5) is 0 Å². The molecule has 1 atom stereocenters. The maximum absolute atomic E-state index is 12.1. The SMILES string of the molecule is Cc1c(C(=O)NCCC(O)C(=O)O)sc2ccccc12. The summed E-state index contributed by atoms with van der Waals surface area (Å²) in [5.74, 6) is -1.52. The van der Waals surface area contributed by atoms with Crippen LogP contribution in [-0.4, -0.2) is 34.7 Å². The van der Waals surface area contributed by atoms with Gasteiger partial charge in [-0.3, -0.25) is 4.79 Å². The van der Waals surface area contributed by atoms with Gasteiger partial charge in [0.1, 0.15) is 0 Å². The molecule has 1 aromatic heterocycles. The number of hydrogen-bond acceptors (Lipinski definition) is 4. The molecule has 0 saturated carbocycles. The summed E-state index contributed by atoms with van der Waals surface area (Å²) in [5, 5.41) is 21.4. The number of aliphatic hydroxyl groups is 1. The molecule has 0 fully saturated rings. The summed E-state index contributed by atoms with van der Waals surface area (Å²) < 4.78 is 1.04. The Labute approximate surface area is 119 Å². The van der Waals surface area contributed by atoms with Gasteiger partial charge >= 0.3 is 5.97 Å². The second-order valence-corrected chi connectivity index (χ2v) is 5.50. The predicted octanol–water partition coefficient (Wildman–Crippen LogP) is 1.78. The lowest BCUT2D eigenvalue weighted by Gasteiger charge is -2.06. The van der Waals surface area contributed by atoms with Gasteiger partial charge in [-0.05, 0) is 23.9 Å². The van der Waals surface area contributed by atoms with Gasteiger partial charge in [0.2, 0.25) is 0 Å². The highest BCUT2D eigenvalue weighted by Crippen LogP contribution is 2.30. The van der Waals surface area contributed by atoms with Crippen molar-refractivity contribution in [2.45, 2.75) is 19.4 Å². The molecule has 0 spiro atoms. The van der Waals surface area contributed by atoms with Crippen molar-refractivity contribution in [2.75, 3.05) is 6.54 Å². The molecule has 1 unspecified atom stereocenters. The van der Waals surface area contributed by atoms with Gasteiger partial charge in [-0.25, -0.2) is 4.79 Å². The van der Waals surface area contributed by atoms with Gasteiger partial charge in [0.05, 0.1) is 4.88 Å². The topological polar surface area (TPSA) is 86.6 Å². The number of fused-ring (bicyclic) bond motifs is 1. The smallest absolute Gasteiger partial charge is 0.332 e. The molecule has 0 radical (unpaired) electrons. The fourth-order valence-electron chi connectivity index (χ4n) is 1.92. The van der Waals surface area contributed by atoms with E-state index >= 15 is 0 Å². The fourth-order valence-corrected chi connectivity index (χ4v) is 3.04. The lowest BCUT2D eigenvalue weighted by Crippen LogP contribution is -2.29. The van der Waals surface area contributed by atoms with Crippen molar-refractivity contribution in [3.05, 3.63) is 34.7 Å². The maximum atomic E-state index is 12.1. The molecule has 0 aliphatic heterocycles. The van der Waals surface area contributed by atoms with Crippen molar-refractivity contribution < 1.29 is 19.8 Å². The first kappa shape index (κ1) is 14.5. The van der Waals surface area contributed by atoms with Crippen molar-refractivity contribution in [1.29, 1.82) is 0 Å². The minimum absolute atomic E-state index is 0.00891. The molecule has 106 valence electrons. The summed E-state index contributed by atoms with van der Waals surface area (Å²) in [7, 11) is 0. The quantitative estimate of drug-likeness (QED) is 0.784. The number of carboxylic acid groups (broad SMARTS) is 1. The molecule has 1 aromatic carbocycles. The van der Waals surface area contributed by atoms with Crippen LogP contribution in [-0.2, 0) is 4.79 Å². The average molecular weight is 293 g/mol. The van der Waals surface area contributed by atoms with Crippen molar-refractivity contribution in [1.82, 2.24) is 5.32 Å². The third kappa shape index (κ3) is 2.97. The van der Waals surface area contributed by atoms with Crippen LogP contribution < -0.4 is 5.32 Å². The van der Waals surface area contributed by atoms with Gasteiger partial charge < -0.3 is 15.5 Å². The van der Waals surface area contributed by atoms with Crippen LogP contribution in [0.25, 0.3) is 10.1 Å². The monoisotopic (exact) mass is 293 g/mol. The van der Waals surface area contributed by atoms with E-state index in [1.807, 2.05) is 31.2 Å². The third-order valence-electron chi connectivity index (χ3n) is 3.04. The Morgan fingerprint density at radius 3 is 2.70 bits per heavy atom. The average Bonchev–Trinajstić information content (AvgIpc) is 2.76. The Balaban J connectivity index is 2.04. The second-order valence-electron chi connectivity index (χ2n) is 4.45. The Hall–Kier alpha value is -1.92. The predicted molar refractivity (Wildman–Crippen MR) is 77.2 cm³/mol. The van der Waals surface area contributed by atoms with Crippen LogP contribution in [0.5, 0.6) is 0 Å². The van der Waals surface area contributed by atoms with E-state index in [-0.39, 0.29) is 18.9 Å². The minimum Gasteiger partial charge on any atom is -0.479 e. The summed E-state index contributed by atoms with van der Waals surface area (Å²) in [5.41, 5.74) is 0.918. The molecule has 2 rings (SSSR count). The van der Waals surface area contributed by atoms with Gasteiger partial charge in [0.15, 0.2) is 6.10 Å². The van der Waals surface area contributed by atoms with Gasteiger partial charge in [-0.1, -0.05) is 18.2 Å². The van der Waals surface area contributed by atoms with E-state index in [1.165, 1.54) is 11.3 Å². The van der Waals surface area contributed by atoms with E-state index in [2.05, 4.69) is 5.32 Å². The molecule has 0 saturated heterocycles. The van der Waals surface area contributed by atoms with Crippen LogP contribution >= 0.6 is 11.3 Å². The van der Waals surface area contributed by atoms with Crippen molar-refractivity contribution in [3.8, 4) is 0 Å². The number of carbonyl (C=O) groups is 2. The molecule has 5 nitrogen and oxygen atoms in total. The number of benzene rings is 1. The maximum Gasteiger partial charge on any atom is 0.332 e. The molecular weight excluding hydrogens is 278 g/mol. The molecule has 1 amide bonds. The van der Waals surface area contributed by atoms with Crippen LogP contribution in [0, 0.1) is 6.92 Å². The van der Waals surface area contributed by atoms with E-state index in [1.54, 1.807) is 0 Å². The van der Waals surface area contributed by atoms with Gasteiger partial charge in [-0.2, -0.15) is 0 Å². The molecule has 3 N–H and O–H groups in total. The fraction of sp³-hybridized carbons (Fsp3) is 0.286. The van der Waals surface area contributed by atoms with E-state index < -0.39 is 12.1 Å². The zero-order valence-corrected chi connectivity index (χ0v) is 11.7. The number of nitrogens with one attached hydrogen (secondary N) is 1. The highest BCUT2D eigenvalue weighted by atomic mass is 32.1. The first-order valence-electron chi connectivity index (χ1n) is 6.18. The number of carbonyl (C=O) groups excluding carboxylic acids is 1. The van der Waals surface area contributed by atoms with Crippen LogP contribution in [0.2, 0.25) is 0 Å². The summed E-state index contributed by atoms with van der Waals surface area (Å²) >= 11 is 1.41. The number of rotatable bonds is 5. The molecule has 0 bridgehead atoms. The molecule has 2 aromatic rings. The summed E-state index contributed by atoms with van der Waals surface area (Å²) in [6, 6.07) is 7.76. The Morgan fingerprint density at radius 1 is 1.35 bits per heavy atom. The highest BCUT2D eigenvalue weighted by molar-refractivity contribution is 7.21. The van der Waals surface area contributed by atoms with E-state index in [0.717, 1.165) is 15.6 Å². The number of thiophene rings is 1. The zero-order valence-electron chi connectivity index (χ0n) is 10.9. The summed E-state index contributed by atoms with van der Waals surface area (Å²) in [6.45, 7) is 2.01. The number of aliphatic hydroxyl groups excluding tert-OH is 1. The van der Waals surface area contributed by atoms with Crippen LogP contribution in [0.3, 0.4) is 0 Å². The molecule has 0 aliphatic carbocycles. The Kier molecular flexibility index (Phi) is 4.36. The molecule has 1 heterocycles. The summed E-state index contributed by atoms with van der Waals surface area (Å²) in [6.07, 6.45) is -1.45. The lowest BCUT2D eigenvalue weighted by atomic mass is 10.1. The van der Waals surface area contributed by atoms with E-state index in [0.29, 0.717) is 4.88 Å². The van der Waals surface area contributed by atoms with E-state index in [4.69, 9.17) is 10.2 Å². The van der Waals surface area contributed by atoms with Gasteiger partial charge in [-0.15, -0.1) is 11.3 Å². The lowest BCUT2D eigenvalue weighted by molar-refractivity contribution is -0.146. The third-order valence-corrected chi connectivity index (χ3v) is 4.31. The van der Waals surface area contributed by atoms with Crippen molar-refractivity contribution in [3.63, 3.8) is 0 Å². The highest BCUT2D eigenvalue weighted by Gasteiger charge is 2.16. The number of aliphatic carboxylic acids is 1. The van der Waals surface area contributed by atoms with Crippen LogP contribution in [0.15, 0.2) is 24.3 Å². The molecule has 20 heavy (non-hydrogen) atoms. The minimum atomic E-state index is -1.45. The van der Waals surface area contributed by atoms with Gasteiger partial charge in [0, 0.05) is 17.7 Å². The molecule has 6 heteroatoms. The zero-order chi connectivity index (χ0) is 14.7. The number of amides is 1. The van der Waals surface area contributed by atoms with Crippen molar-refractivity contribution in [2.24, 2.45) is 0 Å². The van der Waals surface area contributed by atoms with Crippen LogP contribution in [0.1, 0.15) is 21.7 Å².